The molecule has 73 heavy (non-hydrogen) atoms. The van der Waals surface area contributed by atoms with E-state index >= 15 is 0 Å². The van der Waals surface area contributed by atoms with Crippen LogP contribution in [0.15, 0.2) is 0 Å². The summed E-state index contributed by atoms with van der Waals surface area (Å²) in [5.41, 5.74) is 9.82. The number of nitrogens with zero attached hydrogens (tertiary/aromatic N) is 2. The summed E-state index contributed by atoms with van der Waals surface area (Å²) in [4.78, 5) is 75.9. The first-order chi connectivity index (χ1) is 28.2. The third-order valence-corrected chi connectivity index (χ3v) is 7.77. The van der Waals surface area contributed by atoms with Crippen LogP contribution in [0.25, 0.3) is 10.6 Å². The zero-order chi connectivity index (χ0) is 46.0. The van der Waals surface area contributed by atoms with Crippen molar-refractivity contribution in [3.63, 3.8) is 0 Å². The predicted octanol–water partition coefficient (Wildman–Crippen LogP) is 7.32. The molecule has 4 atom stereocenters. The van der Waals surface area contributed by atoms with Crippen LogP contribution in [0.5, 0.6) is 0 Å². The molecule has 4 fully saturated rings. The van der Waals surface area contributed by atoms with E-state index in [2.05, 4.69) is 41.6 Å². The third-order valence-electron chi connectivity index (χ3n) is 7.77. The fraction of sp³-hybridized carbons (Fsp3) is 0.705. The van der Waals surface area contributed by atoms with Crippen LogP contribution >= 0.6 is 23.2 Å². The molecular formula is C44H90B2Cl2N8O11W3Y3-9. The van der Waals surface area contributed by atoms with Crippen LogP contribution in [0, 0.1) is 52.0 Å². The summed E-state index contributed by atoms with van der Waals surface area (Å²) >= 11 is 9.53. The van der Waals surface area contributed by atoms with E-state index in [1.54, 1.807) is 48.4 Å². The minimum absolute atomic E-state index is 0. The van der Waals surface area contributed by atoms with Gasteiger partial charge < -0.3 is 114 Å². The maximum absolute atomic E-state index is 11.5. The van der Waals surface area contributed by atoms with Gasteiger partial charge in [0.05, 0.1) is 29.2 Å². The molecule has 0 saturated carbocycles. The van der Waals surface area contributed by atoms with Gasteiger partial charge in [-0.3, -0.25) is 9.59 Å². The zero-order valence-electron chi connectivity index (χ0n) is 46.4. The van der Waals surface area contributed by atoms with E-state index < -0.39 is 35.5 Å². The van der Waals surface area contributed by atoms with Crippen LogP contribution in [-0.2, 0) is 204 Å². The predicted molar refractivity (Wildman–Crippen MR) is 277 cm³/mol. The van der Waals surface area contributed by atoms with Gasteiger partial charge in [0.15, 0.2) is 0 Å². The molecule has 4 rings (SSSR count). The van der Waals surface area contributed by atoms with E-state index in [-0.39, 0.29) is 261 Å². The number of hydrogen-bond acceptors (Lipinski definition) is 13. The monoisotopic (exact) mass is 1820 g/mol. The molecule has 4 radical (unpaired) electrons. The molecule has 0 bridgehead atoms. The number of alkyl halides is 2. The Bertz CT molecular complexity index is 1210. The first-order valence-electron chi connectivity index (χ1n) is 20.3. The number of rotatable bonds is 6. The maximum Gasteiger partial charge on any atom is 0.236 e. The Morgan fingerprint density at radius 3 is 1.40 bits per heavy atom. The topological polar surface area (TPSA) is 285 Å². The van der Waals surface area contributed by atoms with Gasteiger partial charge in [-0.1, -0.05) is 25.7 Å². The summed E-state index contributed by atoms with van der Waals surface area (Å²) in [6.45, 7) is 15.1. The Morgan fingerprint density at radius 2 is 0.973 bits per heavy atom. The van der Waals surface area contributed by atoms with Gasteiger partial charge in [-0.05, 0) is 92.9 Å². The van der Waals surface area contributed by atoms with E-state index in [1.165, 1.54) is 7.48 Å². The molecule has 19 nitrogen and oxygen atoms in total. The van der Waals surface area contributed by atoms with E-state index in [4.69, 9.17) is 44.1 Å². The standard InChI is InChI=1S/2C11H20N2O3.2C6H12N2O.C2H5B2O3.CH2Cl2.7CH3.3W.3Y/c2*1-11(2,3)16-10(15)13-8-6-4-5-7-12-9(8)14;2*7-5-3-1-2-4-8-6(5)9;1-3-7-6-2-4-5;2-1-3;;;;;;;;;;;;;/h8H,4-7H2,1-3H3,(H,12,14)(H,13,15);8H,4-7H2,1-3H3,(H2,12,13,14,15);2*5H,1-4,7H2,(H,8,9);2H2,1H3;1H2;7*1H3;;;;;;/q;;;;;;7*-1;;;;;;/p-2/t2*8-;2*5-;;;;;;;;;;;;;;;/m0000.............../s1. The molecule has 428 valence electrons. The van der Waals surface area contributed by atoms with Gasteiger partial charge in [0.2, 0.25) is 11.8 Å². The average molecular weight is 1820 g/mol. The van der Waals surface area contributed by atoms with Crippen LogP contribution < -0.4 is 32.7 Å². The largest absolute Gasteiger partial charge is 0.652 e. The van der Waals surface area contributed by atoms with Crippen LogP contribution in [0.2, 0.25) is 6.82 Å². The normalized spacial score (nSPS) is 17.7. The Hall–Kier alpha value is 2.15. The van der Waals surface area contributed by atoms with Crippen molar-refractivity contribution >= 4 is 73.6 Å². The molecule has 4 aliphatic rings. The van der Waals surface area contributed by atoms with Crippen LogP contribution in [-0.4, -0.2) is 124 Å². The van der Waals surface area contributed by atoms with Gasteiger partial charge in [0.25, 0.3) is 0 Å². The first kappa shape index (κ1) is 114. The van der Waals surface area contributed by atoms with E-state index in [9.17, 15) is 33.5 Å². The molecule has 29 heteroatoms. The summed E-state index contributed by atoms with van der Waals surface area (Å²) in [6, 6.07) is -1.55. The number of halogens is 2. The quantitative estimate of drug-likeness (QED) is 0.0380. The van der Waals surface area contributed by atoms with Crippen LogP contribution in [0.4, 0.5) is 9.59 Å². The average Bonchev–Trinajstić information content (AvgIpc) is 3.65. The number of carbonyl (C=O) groups is 6. The SMILES string of the molecule is CC(C)(C)OC(=O)N[C@H]1CCCCNC1=O.CC(C)(C)OC(=O)N[C@H]1CCCC[N-]C1=O.C[B]OOCB=O.ClCCl.N[C@H]1CCCCNC1=O.N[C@H]1CCCC[N-]C1=O.[CH3-].[CH3-].[CH3-].[CH3-].[CH3-].[CH3-].[CH3-].[W].[W].[W].[Y].[Y].[Y]. The number of carbonyl (C=O) groups excluding carboxylic acids is 6. The number of nitrogens with two attached hydrogens (primary N) is 2. The Kier molecular flexibility index (Phi) is 113. The number of ether oxygens (including phenoxy) is 2. The number of hydrogen-bond donors (Lipinski definition) is 6. The van der Waals surface area contributed by atoms with Crippen molar-refractivity contribution in [1.82, 2.24) is 21.3 Å². The van der Waals surface area contributed by atoms with Gasteiger partial charge in [0, 0.05) is 180 Å². The van der Waals surface area contributed by atoms with Crippen molar-refractivity contribution in [3.05, 3.63) is 62.6 Å². The van der Waals surface area contributed by atoms with Crippen molar-refractivity contribution in [2.24, 2.45) is 11.5 Å². The maximum atomic E-state index is 11.5. The zero-order valence-corrected chi connectivity index (χ0v) is 65.3. The van der Waals surface area contributed by atoms with Crippen molar-refractivity contribution in [1.29, 1.82) is 0 Å². The Balaban J connectivity index is -0.0000000429. The van der Waals surface area contributed by atoms with Gasteiger partial charge in [-0.2, -0.15) is 0 Å². The first-order valence-corrected chi connectivity index (χ1v) is 21.4. The van der Waals surface area contributed by atoms with Crippen LogP contribution in [0.1, 0.15) is 119 Å². The molecule has 4 saturated heterocycles. The summed E-state index contributed by atoms with van der Waals surface area (Å²) in [6.07, 6.45) is 9.75. The number of alkyl carbamates (subject to hydrolysis) is 2. The molecule has 0 spiro atoms. The third kappa shape index (κ3) is 74.1. The second-order valence-electron chi connectivity index (χ2n) is 15.5. The minimum atomic E-state index is -0.553. The van der Waals surface area contributed by atoms with Crippen molar-refractivity contribution in [2.75, 3.05) is 38.0 Å². The minimum Gasteiger partial charge on any atom is -0.652 e. The molecule has 0 aliphatic carbocycles. The van der Waals surface area contributed by atoms with Gasteiger partial charge in [0.1, 0.15) is 17.2 Å². The Morgan fingerprint density at radius 1 is 0.616 bits per heavy atom. The van der Waals surface area contributed by atoms with E-state index in [0.717, 1.165) is 70.8 Å². The van der Waals surface area contributed by atoms with Crippen molar-refractivity contribution in [2.45, 2.75) is 161 Å². The Labute approximate surface area is 574 Å². The molecule has 0 aromatic heterocycles. The van der Waals surface area contributed by atoms with Crippen LogP contribution in [0.3, 0.4) is 0 Å². The van der Waals surface area contributed by atoms with Crippen molar-refractivity contribution < 1.29 is 214 Å². The molecule has 0 aromatic rings. The van der Waals surface area contributed by atoms with Gasteiger partial charge in [-0.15, -0.1) is 36.3 Å². The molecular weight excluding hydrogens is 1730 g/mol. The summed E-state index contributed by atoms with van der Waals surface area (Å²) < 4.78 is 19.6. The molecule has 4 aliphatic heterocycles. The fourth-order valence-corrected chi connectivity index (χ4v) is 5.00. The molecule has 6 amide bonds. The number of nitrogens with one attached hydrogen (secondary N) is 4. The second-order valence-corrected chi connectivity index (χ2v) is 16.3. The van der Waals surface area contributed by atoms with E-state index in [1.807, 2.05) is 0 Å². The molecule has 0 aromatic carbocycles. The summed E-state index contributed by atoms with van der Waals surface area (Å²) in [5.74, 6) is -0.480. The summed E-state index contributed by atoms with van der Waals surface area (Å²) in [5, 5.41) is 18.4. The summed E-state index contributed by atoms with van der Waals surface area (Å²) in [7, 11) is 1.97. The molecule has 0 unspecified atom stereocenters. The van der Waals surface area contributed by atoms with E-state index in [0.29, 0.717) is 39.6 Å². The second kappa shape index (κ2) is 72.2. The number of amides is 6. The van der Waals surface area contributed by atoms with Gasteiger partial charge in [-0.25, -0.2) is 9.59 Å². The van der Waals surface area contributed by atoms with Gasteiger partial charge >= 0.3 is 54.5 Å². The van der Waals surface area contributed by atoms with Crippen molar-refractivity contribution in [3.8, 4) is 0 Å². The smallest absolute Gasteiger partial charge is 0.236 e. The molecule has 4 heterocycles. The molecule has 8 N–H and O–H groups in total. The fourth-order valence-electron chi connectivity index (χ4n) is 5.00.